The Hall–Kier alpha value is -3.37. The number of nitrogens with one attached hydrogen (secondary N) is 4. The van der Waals surface area contributed by atoms with E-state index in [4.69, 9.17) is 11.6 Å². The molecule has 4 amide bonds. The summed E-state index contributed by atoms with van der Waals surface area (Å²) < 4.78 is 14.2. The molecule has 0 aromatic heterocycles. The molecule has 0 heterocycles. The van der Waals surface area contributed by atoms with Crippen LogP contribution in [-0.2, 0) is 17.8 Å². The molecule has 1 atom stereocenters. The van der Waals surface area contributed by atoms with Crippen molar-refractivity contribution in [3.63, 3.8) is 0 Å². The normalized spacial score (nSPS) is 11.6. The average Bonchev–Trinajstić information content (AvgIpc) is 2.78. The van der Waals surface area contributed by atoms with Crippen LogP contribution in [0.5, 0.6) is 0 Å². The van der Waals surface area contributed by atoms with E-state index in [1.165, 1.54) is 13.0 Å². The number of carbonyl (C=O) groups excluding carboxylic acids is 2. The van der Waals surface area contributed by atoms with Crippen LogP contribution in [0.3, 0.4) is 0 Å². The highest BCUT2D eigenvalue weighted by molar-refractivity contribution is 6.30. The number of hydrogen-bond acceptors (Lipinski definition) is 5. The fourth-order valence-corrected chi connectivity index (χ4v) is 3.07. The molecule has 9 nitrogen and oxygen atoms in total. The van der Waals surface area contributed by atoms with Crippen LogP contribution in [0.2, 0.25) is 5.02 Å². The summed E-state index contributed by atoms with van der Waals surface area (Å²) in [6, 6.07) is 9.63. The number of aliphatic carboxylic acids is 1. The molecule has 11 heteroatoms. The van der Waals surface area contributed by atoms with E-state index in [2.05, 4.69) is 21.7 Å². The third-order valence-corrected chi connectivity index (χ3v) is 5.03. The van der Waals surface area contributed by atoms with Crippen molar-refractivity contribution in [2.75, 3.05) is 12.0 Å². The molecule has 2 aromatic rings. The Kier molecular flexibility index (Phi) is 10.1. The molecule has 0 radical (unpaired) electrons. The van der Waals surface area contributed by atoms with Crippen LogP contribution < -0.4 is 21.7 Å². The molecule has 0 bridgehead atoms. The van der Waals surface area contributed by atoms with Gasteiger partial charge in [0.05, 0.1) is 11.6 Å². The zero-order valence-electron chi connectivity index (χ0n) is 19.2. The van der Waals surface area contributed by atoms with Crippen molar-refractivity contribution in [3.05, 3.63) is 64.4 Å². The van der Waals surface area contributed by atoms with Gasteiger partial charge in [0.1, 0.15) is 5.82 Å². The number of imide groups is 1. The van der Waals surface area contributed by atoms with Gasteiger partial charge in [0.25, 0.3) is 0 Å². The highest BCUT2D eigenvalue weighted by Gasteiger charge is 2.26. The van der Waals surface area contributed by atoms with Crippen molar-refractivity contribution in [3.8, 4) is 0 Å². The second-order valence-corrected chi connectivity index (χ2v) is 8.66. The fourth-order valence-electron chi connectivity index (χ4n) is 2.94. The number of carboxylic acid groups (broad SMARTS) is 1. The molecule has 5 N–H and O–H groups in total. The molecule has 0 fully saturated rings. The zero-order chi connectivity index (χ0) is 25.3. The van der Waals surface area contributed by atoms with Gasteiger partial charge < -0.3 is 15.8 Å². The summed E-state index contributed by atoms with van der Waals surface area (Å²) in [5.74, 6) is -2.24. The van der Waals surface area contributed by atoms with Crippen molar-refractivity contribution < 1.29 is 23.9 Å². The number of halogens is 2. The van der Waals surface area contributed by atoms with Gasteiger partial charge in [-0.25, -0.2) is 18.9 Å². The predicted molar refractivity (Wildman–Crippen MR) is 127 cm³/mol. The number of amides is 4. The number of hydrogen-bond donors (Lipinski definition) is 5. The van der Waals surface area contributed by atoms with Gasteiger partial charge in [0.2, 0.25) is 0 Å². The van der Waals surface area contributed by atoms with Crippen molar-refractivity contribution in [2.24, 2.45) is 11.8 Å². The van der Waals surface area contributed by atoms with Gasteiger partial charge in [-0.15, -0.1) is 5.53 Å². The first-order valence-electron chi connectivity index (χ1n) is 10.7. The van der Waals surface area contributed by atoms with Crippen molar-refractivity contribution in [2.45, 2.75) is 33.7 Å². The number of benzene rings is 2. The average molecular weight is 494 g/mol. The summed E-state index contributed by atoms with van der Waals surface area (Å²) in [5.41, 5.74) is 8.96. The quantitative estimate of drug-likeness (QED) is 0.317. The molecule has 34 heavy (non-hydrogen) atoms. The molecule has 0 saturated carbocycles. The van der Waals surface area contributed by atoms with E-state index >= 15 is 0 Å². The van der Waals surface area contributed by atoms with Gasteiger partial charge in [-0.2, -0.15) is 0 Å². The van der Waals surface area contributed by atoms with Crippen LogP contribution >= 0.6 is 11.6 Å². The standard InChI is InChI=1S/C23H29ClFN5O4/c1-14(2)10-17-6-9-19(11-20(17)25)27-29-28-23(34)30(13-15(3)21(31)32)22(33)26-12-16-4-7-18(24)8-5-16/h4-9,11,14-15,27,29H,10,12-13H2,1-3H3,(H,26,33)(H,28,34)(H,31,32)/t15-/m0/s1. The lowest BCUT2D eigenvalue weighted by atomic mass is 10.0. The van der Waals surface area contributed by atoms with Gasteiger partial charge in [-0.05, 0) is 47.7 Å². The van der Waals surface area contributed by atoms with E-state index in [0.29, 0.717) is 28.6 Å². The predicted octanol–water partition coefficient (Wildman–Crippen LogP) is 4.15. The van der Waals surface area contributed by atoms with Crippen molar-refractivity contribution in [1.82, 2.24) is 21.2 Å². The number of carbonyl (C=O) groups is 3. The monoisotopic (exact) mass is 493 g/mol. The second-order valence-electron chi connectivity index (χ2n) is 8.22. The molecule has 2 aromatic carbocycles. The molecular formula is C23H29ClFN5O4. The van der Waals surface area contributed by atoms with E-state index < -0.39 is 23.9 Å². The van der Waals surface area contributed by atoms with Gasteiger partial charge in [-0.3, -0.25) is 10.2 Å². The zero-order valence-corrected chi connectivity index (χ0v) is 19.9. The van der Waals surface area contributed by atoms with Crippen molar-refractivity contribution in [1.29, 1.82) is 0 Å². The minimum atomic E-state index is -1.16. The lowest BCUT2D eigenvalue weighted by molar-refractivity contribution is -0.141. The van der Waals surface area contributed by atoms with Crippen LogP contribution in [-0.4, -0.2) is 34.6 Å². The number of anilines is 1. The Bertz CT molecular complexity index is 1000. The maximum absolute atomic E-state index is 14.2. The maximum atomic E-state index is 14.2. The molecule has 0 aliphatic rings. The molecule has 0 saturated heterocycles. The second kappa shape index (κ2) is 12.8. The summed E-state index contributed by atoms with van der Waals surface area (Å²) in [4.78, 5) is 37.2. The van der Waals surface area contributed by atoms with E-state index in [0.717, 1.165) is 10.5 Å². The molecule has 0 unspecified atom stereocenters. The maximum Gasteiger partial charge on any atom is 0.341 e. The molecule has 184 valence electrons. The first kappa shape index (κ1) is 26.9. The van der Waals surface area contributed by atoms with Crippen molar-refractivity contribution >= 4 is 35.3 Å². The summed E-state index contributed by atoms with van der Waals surface area (Å²) >= 11 is 5.84. The minimum absolute atomic E-state index is 0.106. The topological polar surface area (TPSA) is 123 Å². The Morgan fingerprint density at radius 2 is 1.74 bits per heavy atom. The number of carboxylic acids is 1. The first-order valence-corrected chi connectivity index (χ1v) is 11.1. The van der Waals surface area contributed by atoms with E-state index in [9.17, 15) is 23.9 Å². The largest absolute Gasteiger partial charge is 0.481 e. The molecule has 0 aliphatic heterocycles. The molecule has 2 rings (SSSR count). The SMILES string of the molecule is CC(C)Cc1ccc(NNNC(=O)N(C[C@H](C)C(=O)O)C(=O)NCc2ccc(Cl)cc2)cc1F. The Morgan fingerprint density at radius 1 is 1.06 bits per heavy atom. The fraction of sp³-hybridized carbons (Fsp3) is 0.348. The number of rotatable bonds is 10. The summed E-state index contributed by atoms with van der Waals surface area (Å²) in [6.07, 6.45) is 0.595. The third-order valence-electron chi connectivity index (χ3n) is 4.78. The summed E-state index contributed by atoms with van der Waals surface area (Å²) in [6.45, 7) is 5.10. The van der Waals surface area contributed by atoms with Gasteiger partial charge in [0, 0.05) is 18.1 Å². The Balaban J connectivity index is 1.97. The Morgan fingerprint density at radius 3 is 2.32 bits per heavy atom. The van der Waals surface area contributed by atoms with Crippen LogP contribution in [0.1, 0.15) is 31.9 Å². The first-order chi connectivity index (χ1) is 16.1. The summed E-state index contributed by atoms with van der Waals surface area (Å²) in [7, 11) is 0. The Labute approximate surface area is 202 Å². The van der Waals surface area contributed by atoms with Crippen LogP contribution in [0.4, 0.5) is 19.7 Å². The number of urea groups is 2. The van der Waals surface area contributed by atoms with Gasteiger partial charge >= 0.3 is 18.0 Å². The van der Waals surface area contributed by atoms with Gasteiger partial charge in [-0.1, -0.05) is 50.6 Å². The molecular weight excluding hydrogens is 465 g/mol. The van der Waals surface area contributed by atoms with E-state index in [1.807, 2.05) is 13.8 Å². The lowest BCUT2D eigenvalue weighted by Crippen LogP contribution is -2.54. The third kappa shape index (κ3) is 8.53. The smallest absolute Gasteiger partial charge is 0.341 e. The van der Waals surface area contributed by atoms with Crippen LogP contribution in [0, 0.1) is 17.7 Å². The molecule has 0 spiro atoms. The van der Waals surface area contributed by atoms with Crippen LogP contribution in [0.15, 0.2) is 42.5 Å². The highest BCUT2D eigenvalue weighted by atomic mass is 35.5. The van der Waals surface area contributed by atoms with Gasteiger partial charge in [0.15, 0.2) is 0 Å². The minimum Gasteiger partial charge on any atom is -0.481 e. The van der Waals surface area contributed by atoms with Crippen LogP contribution in [0.25, 0.3) is 0 Å². The summed E-state index contributed by atoms with van der Waals surface area (Å²) in [5, 5.41) is 12.3. The number of hydrazine groups is 2. The van der Waals surface area contributed by atoms with E-state index in [-0.39, 0.29) is 18.9 Å². The lowest BCUT2D eigenvalue weighted by Gasteiger charge is -2.24. The highest BCUT2D eigenvalue weighted by Crippen LogP contribution is 2.17. The molecule has 0 aliphatic carbocycles. The van der Waals surface area contributed by atoms with E-state index in [1.54, 1.807) is 36.4 Å². The number of nitrogens with zero attached hydrogens (tertiary/aromatic N) is 1.